The average Bonchev–Trinajstić information content (AvgIpc) is 3.41. The van der Waals surface area contributed by atoms with Gasteiger partial charge in [0.05, 0.1) is 8.07 Å². The molecule has 0 amide bonds. The number of rotatable bonds is 9. The molecule has 0 aliphatic carbocycles. The van der Waals surface area contributed by atoms with E-state index in [0.717, 1.165) is 0 Å². The van der Waals surface area contributed by atoms with Crippen LogP contribution in [0.1, 0.15) is 48.8 Å². The highest BCUT2D eigenvalue weighted by atomic mass is 28.3. The Morgan fingerprint density at radius 1 is 0.524 bits per heavy atom. The lowest BCUT2D eigenvalue weighted by molar-refractivity contribution is 0.944. The van der Waals surface area contributed by atoms with Crippen LogP contribution < -0.4 is 5.46 Å². The predicted octanol–water partition coefficient (Wildman–Crippen LogP) is 9.86. The molecule has 2 heteroatoms. The highest BCUT2D eigenvalue weighted by Gasteiger charge is 2.66. The van der Waals surface area contributed by atoms with Crippen LogP contribution in [0.15, 0.2) is 152 Å². The molecule has 6 rings (SSSR count). The van der Waals surface area contributed by atoms with Crippen LogP contribution in [0.2, 0.25) is 18.1 Å². The van der Waals surface area contributed by atoms with Gasteiger partial charge in [-0.2, -0.15) is 0 Å². The zero-order valence-corrected chi connectivity index (χ0v) is 26.2. The summed E-state index contributed by atoms with van der Waals surface area (Å²) in [5, 5.41) is 0. The number of hydrogen-bond donors (Lipinski definition) is 0. The highest BCUT2D eigenvalue weighted by molar-refractivity contribution is 7.03. The lowest BCUT2D eigenvalue weighted by Crippen LogP contribution is -2.66. The average molecular weight is 561 g/mol. The zero-order valence-electron chi connectivity index (χ0n) is 25.2. The molecule has 1 aliphatic heterocycles. The Kier molecular flexibility index (Phi) is 8.18. The van der Waals surface area contributed by atoms with Crippen molar-refractivity contribution in [2.75, 3.05) is 0 Å². The van der Waals surface area contributed by atoms with Crippen LogP contribution in [-0.4, -0.2) is 14.8 Å². The maximum atomic E-state index is 2.49. The molecule has 0 bridgehead atoms. The van der Waals surface area contributed by atoms with Gasteiger partial charge in [0.25, 0.3) is 0 Å². The van der Waals surface area contributed by atoms with Crippen molar-refractivity contribution in [1.82, 2.24) is 0 Å². The van der Waals surface area contributed by atoms with Crippen molar-refractivity contribution in [3.8, 4) is 0 Å². The van der Waals surface area contributed by atoms with Gasteiger partial charge in [0, 0.05) is 4.94 Å². The van der Waals surface area contributed by atoms with E-state index in [1.165, 1.54) is 51.4 Å². The van der Waals surface area contributed by atoms with Gasteiger partial charge in [-0.25, -0.2) is 0 Å². The molecular formula is C40H41BSi. The fourth-order valence-corrected chi connectivity index (χ4v) is 14.3. The smallest absolute Gasteiger partial charge is 0.0780 e. The van der Waals surface area contributed by atoms with E-state index in [1.807, 2.05) is 0 Å². The molecule has 0 unspecified atom stereocenters. The second-order valence-electron chi connectivity index (χ2n) is 11.8. The van der Waals surface area contributed by atoms with Gasteiger partial charge in [-0.15, -0.1) is 0 Å². The van der Waals surface area contributed by atoms with Crippen molar-refractivity contribution >= 4 is 31.4 Å². The normalized spacial score (nSPS) is 18.8. The van der Waals surface area contributed by atoms with Gasteiger partial charge in [0.1, 0.15) is 0 Å². The lowest BCUT2D eigenvalue weighted by atomic mass is 9.29. The van der Waals surface area contributed by atoms with E-state index in [-0.39, 0.29) is 17.5 Å². The Hall–Kier alpha value is -3.88. The summed E-state index contributed by atoms with van der Waals surface area (Å²) >= 11 is 0. The minimum Gasteiger partial charge on any atom is -0.0780 e. The third kappa shape index (κ3) is 4.44. The molecule has 42 heavy (non-hydrogen) atoms. The van der Waals surface area contributed by atoms with E-state index in [1.54, 1.807) is 5.57 Å². The molecular weight excluding hydrogens is 519 g/mol. The van der Waals surface area contributed by atoms with Crippen LogP contribution in [0.5, 0.6) is 0 Å². The summed E-state index contributed by atoms with van der Waals surface area (Å²) in [5.41, 5.74) is 10.1. The molecule has 0 saturated carbocycles. The molecule has 208 valence electrons. The standard InChI is InChI=1S/C40H41BSi/c1-4-42(5-2,6-3)40(35-28-18-10-19-29-35)38(33-24-14-8-15-25-33)37(32-22-12-7-13-23-32)39(34-26-16-9-17-27-34)41(40)36-30-20-11-21-31-36/h7-31,39H,4-6H2,1-3H3/t39-,40+/m1/s1. The zero-order chi connectivity index (χ0) is 29.0. The van der Waals surface area contributed by atoms with Gasteiger partial charge in [0.15, 0.2) is 0 Å². The molecule has 2 atom stereocenters. The van der Waals surface area contributed by atoms with E-state index in [4.69, 9.17) is 0 Å². The van der Waals surface area contributed by atoms with Gasteiger partial charge in [0.2, 0.25) is 6.71 Å². The van der Waals surface area contributed by atoms with E-state index in [2.05, 4.69) is 172 Å². The molecule has 0 fully saturated rings. The van der Waals surface area contributed by atoms with Crippen molar-refractivity contribution in [3.63, 3.8) is 0 Å². The molecule has 0 radical (unpaired) electrons. The summed E-state index contributed by atoms with van der Waals surface area (Å²) in [4.78, 5) is -0.138. The Morgan fingerprint density at radius 2 is 0.952 bits per heavy atom. The van der Waals surface area contributed by atoms with Crippen LogP contribution >= 0.6 is 0 Å². The van der Waals surface area contributed by atoms with Crippen LogP contribution in [0.3, 0.4) is 0 Å². The summed E-state index contributed by atoms with van der Waals surface area (Å²) in [6, 6.07) is 60.9. The third-order valence-corrected chi connectivity index (χ3v) is 16.9. The minimum absolute atomic E-state index is 0.138. The Balaban J connectivity index is 1.89. The second kappa shape index (κ2) is 12.2. The van der Waals surface area contributed by atoms with Crippen molar-refractivity contribution in [3.05, 3.63) is 174 Å². The molecule has 0 N–H and O–H groups in total. The first-order chi connectivity index (χ1) is 20.7. The quantitative estimate of drug-likeness (QED) is 0.157. The first-order valence-electron chi connectivity index (χ1n) is 15.7. The molecule has 0 aromatic heterocycles. The second-order valence-corrected chi connectivity index (χ2v) is 17.3. The molecule has 1 aliphatic rings. The highest BCUT2D eigenvalue weighted by Crippen LogP contribution is 2.63. The fourth-order valence-electron chi connectivity index (χ4n) is 8.50. The van der Waals surface area contributed by atoms with Gasteiger partial charge in [-0.05, 0) is 39.2 Å². The maximum Gasteiger partial charge on any atom is 0.201 e. The van der Waals surface area contributed by atoms with Crippen molar-refractivity contribution in [1.29, 1.82) is 0 Å². The molecule has 1 heterocycles. The first-order valence-corrected chi connectivity index (χ1v) is 18.3. The van der Waals surface area contributed by atoms with Gasteiger partial charge >= 0.3 is 0 Å². The van der Waals surface area contributed by atoms with Gasteiger partial charge < -0.3 is 0 Å². The third-order valence-electron chi connectivity index (χ3n) is 10.3. The van der Waals surface area contributed by atoms with Crippen LogP contribution in [0.25, 0.3) is 11.1 Å². The Bertz CT molecular complexity index is 1600. The lowest BCUT2D eigenvalue weighted by Gasteiger charge is -2.53. The minimum atomic E-state index is -2.07. The maximum absolute atomic E-state index is 2.49. The fraction of sp³-hybridized carbons (Fsp3) is 0.200. The van der Waals surface area contributed by atoms with Gasteiger partial charge in [-0.1, -0.05) is 196 Å². The summed E-state index contributed by atoms with van der Waals surface area (Å²) < 4.78 is 0. The molecule has 0 spiro atoms. The van der Waals surface area contributed by atoms with E-state index in [0.29, 0.717) is 0 Å². The Morgan fingerprint density at radius 3 is 1.45 bits per heavy atom. The largest absolute Gasteiger partial charge is 0.201 e. The predicted molar refractivity (Wildman–Crippen MR) is 186 cm³/mol. The summed E-state index contributed by atoms with van der Waals surface area (Å²) in [6.07, 6.45) is 0. The van der Waals surface area contributed by atoms with Crippen LogP contribution in [0.4, 0.5) is 0 Å². The SMILES string of the molecule is CC[Si](CC)(CC)[C@]1(c2ccccc2)B(c2ccccc2)[C@H](c2ccccc2)C(c2ccccc2)=C1c1ccccc1. The summed E-state index contributed by atoms with van der Waals surface area (Å²) in [5.74, 6) is 0.211. The topological polar surface area (TPSA) is 0 Å². The van der Waals surface area contributed by atoms with Gasteiger partial charge in [-0.3, -0.25) is 0 Å². The van der Waals surface area contributed by atoms with Crippen LogP contribution in [-0.2, 0) is 4.94 Å². The first kappa shape index (κ1) is 28.3. The Labute approximate surface area is 254 Å². The molecule has 5 aromatic carbocycles. The van der Waals surface area contributed by atoms with E-state index >= 15 is 0 Å². The molecule has 0 nitrogen and oxygen atoms in total. The van der Waals surface area contributed by atoms with Crippen molar-refractivity contribution in [2.24, 2.45) is 0 Å². The van der Waals surface area contributed by atoms with Crippen LogP contribution in [0, 0.1) is 0 Å². The number of hydrogen-bond acceptors (Lipinski definition) is 0. The molecule has 5 aromatic rings. The number of benzene rings is 5. The van der Waals surface area contributed by atoms with Crippen molar-refractivity contribution in [2.45, 2.75) is 49.7 Å². The van der Waals surface area contributed by atoms with E-state index in [9.17, 15) is 0 Å². The monoisotopic (exact) mass is 560 g/mol. The van der Waals surface area contributed by atoms with E-state index < -0.39 is 8.07 Å². The molecule has 0 saturated heterocycles. The number of allylic oxidation sites excluding steroid dienone is 2. The summed E-state index contributed by atoms with van der Waals surface area (Å²) in [6.45, 7) is 7.74. The summed E-state index contributed by atoms with van der Waals surface area (Å²) in [7, 11) is -2.07. The van der Waals surface area contributed by atoms with Crippen molar-refractivity contribution < 1.29 is 0 Å².